The Morgan fingerprint density at radius 2 is 1.69 bits per heavy atom. The largest absolute Gasteiger partial charge is 0.489 e. The lowest BCUT2D eigenvalue weighted by Crippen LogP contribution is -2.29. The first-order valence-corrected chi connectivity index (χ1v) is 10.5. The summed E-state index contributed by atoms with van der Waals surface area (Å²) in [5, 5.41) is 3.38. The van der Waals surface area contributed by atoms with Crippen LogP contribution in [-0.2, 0) is 20.9 Å². The molecule has 1 N–H and O–H groups in total. The topological polar surface area (TPSA) is 64.6 Å². The predicted molar refractivity (Wildman–Crippen MR) is 127 cm³/mol. The number of hydrogen-bond donors (Lipinski definition) is 1. The van der Waals surface area contributed by atoms with E-state index in [2.05, 4.69) is 5.32 Å². The van der Waals surface area contributed by atoms with E-state index in [9.17, 15) is 9.59 Å². The standard InChI is InChI=1S/C26H24ClNO4/c1-18-7-12-22(13-8-18)28-26(30)19(2)32-25(29)16-11-20-9-14-23(15-10-20)31-17-21-5-3-4-6-24(21)27/h3-16,19H,17H2,1-2H3,(H,28,30)/t19-/m1/s1. The van der Waals surface area contributed by atoms with Crippen molar-refractivity contribution < 1.29 is 19.1 Å². The van der Waals surface area contributed by atoms with Crippen molar-refractivity contribution in [3.05, 3.63) is 101 Å². The molecule has 3 aromatic carbocycles. The maximum atomic E-state index is 12.2. The Morgan fingerprint density at radius 3 is 2.38 bits per heavy atom. The Morgan fingerprint density at radius 1 is 1.00 bits per heavy atom. The van der Waals surface area contributed by atoms with Crippen molar-refractivity contribution in [1.82, 2.24) is 0 Å². The molecular weight excluding hydrogens is 426 g/mol. The fraction of sp³-hybridized carbons (Fsp3) is 0.154. The summed E-state index contributed by atoms with van der Waals surface area (Å²) < 4.78 is 10.9. The number of carbonyl (C=O) groups excluding carboxylic acids is 2. The summed E-state index contributed by atoms with van der Waals surface area (Å²) in [7, 11) is 0. The van der Waals surface area contributed by atoms with Crippen LogP contribution < -0.4 is 10.1 Å². The number of anilines is 1. The van der Waals surface area contributed by atoms with Crippen LogP contribution in [0.25, 0.3) is 6.08 Å². The minimum atomic E-state index is -0.922. The lowest BCUT2D eigenvalue weighted by molar-refractivity contribution is -0.148. The molecule has 1 amide bonds. The van der Waals surface area contributed by atoms with Crippen LogP contribution in [0.4, 0.5) is 5.69 Å². The van der Waals surface area contributed by atoms with E-state index in [4.69, 9.17) is 21.1 Å². The Kier molecular flexibility index (Phi) is 8.06. The molecule has 0 aliphatic carbocycles. The van der Waals surface area contributed by atoms with Gasteiger partial charge in [0.15, 0.2) is 6.10 Å². The van der Waals surface area contributed by atoms with Crippen molar-refractivity contribution in [3.63, 3.8) is 0 Å². The zero-order chi connectivity index (χ0) is 22.9. The molecule has 0 aliphatic rings. The summed E-state index contributed by atoms with van der Waals surface area (Å²) >= 11 is 6.13. The molecule has 1 atom stereocenters. The molecule has 32 heavy (non-hydrogen) atoms. The van der Waals surface area contributed by atoms with Crippen molar-refractivity contribution >= 4 is 35.2 Å². The van der Waals surface area contributed by atoms with Gasteiger partial charge >= 0.3 is 5.97 Å². The summed E-state index contributed by atoms with van der Waals surface area (Å²) in [6.45, 7) is 3.85. The first kappa shape index (κ1) is 23.1. The summed E-state index contributed by atoms with van der Waals surface area (Å²) in [5.74, 6) is -0.308. The number of carbonyl (C=O) groups is 2. The predicted octanol–water partition coefficient (Wildman–Crippen LogP) is 5.81. The van der Waals surface area contributed by atoms with Crippen molar-refractivity contribution in [2.75, 3.05) is 5.32 Å². The van der Waals surface area contributed by atoms with E-state index >= 15 is 0 Å². The third-order valence-corrected chi connectivity index (χ3v) is 4.99. The molecule has 0 saturated carbocycles. The fourth-order valence-electron chi connectivity index (χ4n) is 2.76. The molecule has 0 unspecified atom stereocenters. The molecule has 3 rings (SSSR count). The van der Waals surface area contributed by atoms with Crippen LogP contribution >= 0.6 is 11.6 Å². The summed E-state index contributed by atoms with van der Waals surface area (Å²) in [4.78, 5) is 24.3. The van der Waals surface area contributed by atoms with Gasteiger partial charge in [0.1, 0.15) is 12.4 Å². The van der Waals surface area contributed by atoms with Gasteiger partial charge in [0, 0.05) is 22.3 Å². The highest BCUT2D eigenvalue weighted by molar-refractivity contribution is 6.31. The second-order valence-corrected chi connectivity index (χ2v) is 7.62. The smallest absolute Gasteiger partial charge is 0.331 e. The maximum Gasteiger partial charge on any atom is 0.331 e. The van der Waals surface area contributed by atoms with Gasteiger partial charge in [-0.2, -0.15) is 0 Å². The molecule has 0 fully saturated rings. The van der Waals surface area contributed by atoms with Gasteiger partial charge in [-0.05, 0) is 55.8 Å². The third kappa shape index (κ3) is 7.00. The lowest BCUT2D eigenvalue weighted by Gasteiger charge is -2.12. The Bertz CT molecular complexity index is 1090. The first-order valence-electron chi connectivity index (χ1n) is 10.1. The van der Waals surface area contributed by atoms with Crippen molar-refractivity contribution in [2.24, 2.45) is 0 Å². The number of nitrogens with one attached hydrogen (secondary N) is 1. The summed E-state index contributed by atoms with van der Waals surface area (Å²) in [6.07, 6.45) is 1.98. The Balaban J connectivity index is 1.47. The lowest BCUT2D eigenvalue weighted by atomic mass is 10.2. The number of hydrogen-bond acceptors (Lipinski definition) is 4. The van der Waals surface area contributed by atoms with E-state index in [1.165, 1.54) is 13.0 Å². The SMILES string of the molecule is Cc1ccc(NC(=O)[C@@H](C)OC(=O)C=Cc2ccc(OCc3ccccc3Cl)cc2)cc1. The highest BCUT2D eigenvalue weighted by Gasteiger charge is 2.16. The molecule has 164 valence electrons. The monoisotopic (exact) mass is 449 g/mol. The molecule has 0 aromatic heterocycles. The second-order valence-electron chi connectivity index (χ2n) is 7.22. The number of rotatable bonds is 8. The van der Waals surface area contributed by atoms with E-state index in [0.29, 0.717) is 23.1 Å². The number of benzene rings is 3. The molecule has 0 saturated heterocycles. The average molecular weight is 450 g/mol. The quantitative estimate of drug-likeness (QED) is 0.348. The number of ether oxygens (including phenoxy) is 2. The molecule has 0 spiro atoms. The van der Waals surface area contributed by atoms with Crippen LogP contribution in [-0.4, -0.2) is 18.0 Å². The minimum Gasteiger partial charge on any atom is -0.489 e. The van der Waals surface area contributed by atoms with E-state index in [1.807, 2.05) is 55.5 Å². The van der Waals surface area contributed by atoms with E-state index in [1.54, 1.807) is 30.3 Å². The zero-order valence-electron chi connectivity index (χ0n) is 17.9. The van der Waals surface area contributed by atoms with Crippen LogP contribution in [0.2, 0.25) is 5.02 Å². The molecule has 0 aliphatic heterocycles. The van der Waals surface area contributed by atoms with Gasteiger partial charge in [-0.25, -0.2) is 4.79 Å². The van der Waals surface area contributed by atoms with E-state index < -0.39 is 18.0 Å². The number of aryl methyl sites for hydroxylation is 1. The molecule has 6 heteroatoms. The van der Waals surface area contributed by atoms with Gasteiger partial charge in [0.2, 0.25) is 0 Å². The third-order valence-electron chi connectivity index (χ3n) is 4.63. The number of amides is 1. The zero-order valence-corrected chi connectivity index (χ0v) is 18.6. The maximum absolute atomic E-state index is 12.2. The van der Waals surface area contributed by atoms with Crippen molar-refractivity contribution in [2.45, 2.75) is 26.6 Å². The van der Waals surface area contributed by atoms with Crippen molar-refractivity contribution in [3.8, 4) is 5.75 Å². The van der Waals surface area contributed by atoms with Gasteiger partial charge in [0.25, 0.3) is 5.91 Å². The van der Waals surface area contributed by atoms with Crippen molar-refractivity contribution in [1.29, 1.82) is 0 Å². The molecule has 5 nitrogen and oxygen atoms in total. The molecule has 3 aromatic rings. The molecule has 0 heterocycles. The minimum absolute atomic E-state index is 0.365. The van der Waals surface area contributed by atoms with Crippen LogP contribution in [0.5, 0.6) is 5.75 Å². The van der Waals surface area contributed by atoms with Gasteiger partial charge in [-0.15, -0.1) is 0 Å². The van der Waals surface area contributed by atoms with Crippen LogP contribution in [0.3, 0.4) is 0 Å². The highest BCUT2D eigenvalue weighted by Crippen LogP contribution is 2.19. The van der Waals surface area contributed by atoms with E-state index in [0.717, 1.165) is 16.7 Å². The van der Waals surface area contributed by atoms with Crippen LogP contribution in [0.1, 0.15) is 23.6 Å². The van der Waals surface area contributed by atoms with Gasteiger partial charge in [-0.1, -0.05) is 59.6 Å². The first-order chi connectivity index (χ1) is 15.4. The highest BCUT2D eigenvalue weighted by atomic mass is 35.5. The van der Waals surface area contributed by atoms with Gasteiger partial charge < -0.3 is 14.8 Å². The summed E-state index contributed by atoms with van der Waals surface area (Å²) in [5.41, 5.74) is 3.44. The normalized spacial score (nSPS) is 11.7. The van der Waals surface area contributed by atoms with Crippen LogP contribution in [0.15, 0.2) is 78.9 Å². The molecule has 0 bridgehead atoms. The molecular formula is C26H24ClNO4. The number of esters is 1. The summed E-state index contributed by atoms with van der Waals surface area (Å²) in [6, 6.07) is 22.1. The van der Waals surface area contributed by atoms with Crippen LogP contribution in [0, 0.1) is 6.92 Å². The molecule has 0 radical (unpaired) electrons. The Labute approximate surface area is 192 Å². The average Bonchev–Trinajstić information content (AvgIpc) is 2.79. The fourth-order valence-corrected chi connectivity index (χ4v) is 2.95. The van der Waals surface area contributed by atoms with Gasteiger partial charge in [0.05, 0.1) is 0 Å². The van der Waals surface area contributed by atoms with E-state index in [-0.39, 0.29) is 0 Å². The Hall–Kier alpha value is -3.57. The number of halogens is 1. The second kappa shape index (κ2) is 11.2. The van der Waals surface area contributed by atoms with Gasteiger partial charge in [-0.3, -0.25) is 4.79 Å².